The maximum atomic E-state index is 12.3. The van der Waals surface area contributed by atoms with E-state index < -0.39 is 17.7 Å². The second-order valence-electron chi connectivity index (χ2n) is 5.47. The van der Waals surface area contributed by atoms with E-state index >= 15 is 0 Å². The average Bonchev–Trinajstić information content (AvgIpc) is 2.89. The van der Waals surface area contributed by atoms with Crippen LogP contribution in [-0.2, 0) is 0 Å². The summed E-state index contributed by atoms with van der Waals surface area (Å²) in [6, 6.07) is 12.1. The van der Waals surface area contributed by atoms with Gasteiger partial charge in [-0.1, -0.05) is 12.1 Å². The van der Waals surface area contributed by atoms with E-state index in [-0.39, 0.29) is 22.3 Å². The highest BCUT2D eigenvalue weighted by atomic mass is 16.3. The SMILES string of the molecule is O=C(Nc1ccc2c(c1)C(=O)NC2=O)c1cc(=O)c2ccccc2o1. The second kappa shape index (κ2) is 5.41. The maximum Gasteiger partial charge on any atom is 0.291 e. The molecular weight excluding hydrogens is 324 g/mol. The van der Waals surface area contributed by atoms with Crippen LogP contribution < -0.4 is 16.1 Å². The Balaban J connectivity index is 1.67. The van der Waals surface area contributed by atoms with E-state index in [0.717, 1.165) is 6.07 Å². The molecule has 0 saturated heterocycles. The molecule has 0 fully saturated rings. The van der Waals surface area contributed by atoms with Gasteiger partial charge in [0.25, 0.3) is 17.7 Å². The van der Waals surface area contributed by atoms with Gasteiger partial charge in [0.05, 0.1) is 16.5 Å². The van der Waals surface area contributed by atoms with Crippen molar-refractivity contribution in [2.24, 2.45) is 0 Å². The fourth-order valence-corrected chi connectivity index (χ4v) is 2.65. The first kappa shape index (κ1) is 14.8. The highest BCUT2D eigenvalue weighted by molar-refractivity contribution is 6.22. The van der Waals surface area contributed by atoms with Crippen LogP contribution in [0.5, 0.6) is 0 Å². The third-order valence-electron chi connectivity index (χ3n) is 3.85. The number of imide groups is 1. The summed E-state index contributed by atoms with van der Waals surface area (Å²) in [5, 5.41) is 5.11. The molecule has 0 bridgehead atoms. The summed E-state index contributed by atoms with van der Waals surface area (Å²) in [7, 11) is 0. The summed E-state index contributed by atoms with van der Waals surface area (Å²) in [6.45, 7) is 0. The van der Waals surface area contributed by atoms with Crippen molar-refractivity contribution >= 4 is 34.4 Å². The lowest BCUT2D eigenvalue weighted by atomic mass is 10.1. The zero-order valence-corrected chi connectivity index (χ0v) is 12.7. The molecular formula is C18H10N2O5. The fraction of sp³-hybridized carbons (Fsp3) is 0. The zero-order chi connectivity index (χ0) is 17.6. The van der Waals surface area contributed by atoms with Gasteiger partial charge in [-0.15, -0.1) is 0 Å². The van der Waals surface area contributed by atoms with Gasteiger partial charge in [0.15, 0.2) is 11.2 Å². The molecule has 4 rings (SSSR count). The summed E-state index contributed by atoms with van der Waals surface area (Å²) < 4.78 is 5.46. The number of hydrogen-bond donors (Lipinski definition) is 2. The molecule has 2 N–H and O–H groups in total. The molecule has 3 amide bonds. The Morgan fingerprint density at radius 3 is 2.52 bits per heavy atom. The molecule has 0 saturated carbocycles. The molecule has 7 heteroatoms. The number of carbonyl (C=O) groups is 3. The van der Waals surface area contributed by atoms with E-state index in [1.807, 2.05) is 0 Å². The molecule has 1 aliphatic heterocycles. The van der Waals surface area contributed by atoms with Crippen molar-refractivity contribution < 1.29 is 18.8 Å². The molecule has 25 heavy (non-hydrogen) atoms. The summed E-state index contributed by atoms with van der Waals surface area (Å²) in [4.78, 5) is 47.6. The van der Waals surface area contributed by atoms with Crippen molar-refractivity contribution in [1.82, 2.24) is 5.32 Å². The van der Waals surface area contributed by atoms with Crippen molar-refractivity contribution in [3.05, 3.63) is 75.6 Å². The number of para-hydroxylation sites is 1. The molecule has 7 nitrogen and oxygen atoms in total. The average molecular weight is 334 g/mol. The fourth-order valence-electron chi connectivity index (χ4n) is 2.65. The van der Waals surface area contributed by atoms with Gasteiger partial charge >= 0.3 is 0 Å². The Morgan fingerprint density at radius 1 is 0.920 bits per heavy atom. The first-order chi connectivity index (χ1) is 12.0. The van der Waals surface area contributed by atoms with E-state index in [0.29, 0.717) is 16.7 Å². The third kappa shape index (κ3) is 2.47. The van der Waals surface area contributed by atoms with E-state index in [1.54, 1.807) is 24.3 Å². The summed E-state index contributed by atoms with van der Waals surface area (Å²) in [5.74, 6) is -1.77. The Labute approximate surface area is 140 Å². The van der Waals surface area contributed by atoms with Gasteiger partial charge in [0.1, 0.15) is 5.58 Å². The lowest BCUT2D eigenvalue weighted by molar-refractivity contribution is 0.0878. The smallest absolute Gasteiger partial charge is 0.291 e. The standard InChI is InChI=1S/C18H10N2O5/c21-13-8-15(25-14-4-2-1-3-11(13)14)18(24)19-9-5-6-10-12(7-9)17(23)20-16(10)22/h1-8H,(H,19,24)(H,20,22,23). The first-order valence-corrected chi connectivity index (χ1v) is 7.37. The molecule has 0 radical (unpaired) electrons. The van der Waals surface area contributed by atoms with Gasteiger partial charge in [0.2, 0.25) is 0 Å². The molecule has 0 spiro atoms. The number of carbonyl (C=O) groups excluding carboxylic acids is 3. The Morgan fingerprint density at radius 2 is 1.68 bits per heavy atom. The number of rotatable bonds is 2. The Hall–Kier alpha value is -3.74. The molecule has 2 heterocycles. The second-order valence-corrected chi connectivity index (χ2v) is 5.47. The molecule has 3 aromatic rings. The van der Waals surface area contributed by atoms with Crippen molar-refractivity contribution in [3.63, 3.8) is 0 Å². The number of hydrogen-bond acceptors (Lipinski definition) is 5. The van der Waals surface area contributed by atoms with Gasteiger partial charge in [-0.3, -0.25) is 24.5 Å². The van der Waals surface area contributed by atoms with E-state index in [4.69, 9.17) is 4.42 Å². The Kier molecular flexibility index (Phi) is 3.21. The number of amides is 3. The highest BCUT2D eigenvalue weighted by Gasteiger charge is 2.27. The lowest BCUT2D eigenvalue weighted by Crippen LogP contribution is -2.19. The van der Waals surface area contributed by atoms with Crippen molar-refractivity contribution in [3.8, 4) is 0 Å². The minimum Gasteiger partial charge on any atom is -0.451 e. The van der Waals surface area contributed by atoms with Gasteiger partial charge in [-0.05, 0) is 30.3 Å². The van der Waals surface area contributed by atoms with Gasteiger partial charge in [0, 0.05) is 11.8 Å². The van der Waals surface area contributed by atoms with Crippen LogP contribution in [0.3, 0.4) is 0 Å². The normalized spacial score (nSPS) is 12.8. The van der Waals surface area contributed by atoms with Crippen LogP contribution in [0.15, 0.2) is 57.7 Å². The van der Waals surface area contributed by atoms with Gasteiger partial charge < -0.3 is 9.73 Å². The van der Waals surface area contributed by atoms with Crippen LogP contribution in [0.4, 0.5) is 5.69 Å². The van der Waals surface area contributed by atoms with Crippen molar-refractivity contribution in [1.29, 1.82) is 0 Å². The van der Waals surface area contributed by atoms with Crippen LogP contribution in [0.1, 0.15) is 31.3 Å². The minimum absolute atomic E-state index is 0.148. The number of fused-ring (bicyclic) bond motifs is 2. The summed E-state index contributed by atoms with van der Waals surface area (Å²) in [6.07, 6.45) is 0. The van der Waals surface area contributed by atoms with Crippen LogP contribution in [0.25, 0.3) is 11.0 Å². The predicted octanol–water partition coefficient (Wildman–Crippen LogP) is 1.93. The largest absolute Gasteiger partial charge is 0.451 e. The number of anilines is 1. The molecule has 1 aliphatic rings. The molecule has 0 aliphatic carbocycles. The van der Waals surface area contributed by atoms with Crippen LogP contribution in [-0.4, -0.2) is 17.7 Å². The zero-order valence-electron chi connectivity index (χ0n) is 12.7. The topological polar surface area (TPSA) is 105 Å². The molecule has 2 aromatic carbocycles. The number of benzene rings is 2. The monoisotopic (exact) mass is 334 g/mol. The maximum absolute atomic E-state index is 12.3. The van der Waals surface area contributed by atoms with Gasteiger partial charge in [-0.25, -0.2) is 0 Å². The lowest BCUT2D eigenvalue weighted by Gasteiger charge is -2.06. The van der Waals surface area contributed by atoms with Crippen molar-refractivity contribution in [2.45, 2.75) is 0 Å². The molecule has 0 atom stereocenters. The molecule has 0 unspecified atom stereocenters. The Bertz CT molecular complexity index is 1130. The van der Waals surface area contributed by atoms with E-state index in [9.17, 15) is 19.2 Å². The summed E-state index contributed by atoms with van der Waals surface area (Å²) in [5.41, 5.74) is 0.720. The molecule has 1 aromatic heterocycles. The van der Waals surface area contributed by atoms with Crippen LogP contribution in [0, 0.1) is 0 Å². The molecule has 122 valence electrons. The third-order valence-corrected chi connectivity index (χ3v) is 3.85. The van der Waals surface area contributed by atoms with Gasteiger partial charge in [-0.2, -0.15) is 0 Å². The van der Waals surface area contributed by atoms with Crippen molar-refractivity contribution in [2.75, 3.05) is 5.32 Å². The highest BCUT2D eigenvalue weighted by Crippen LogP contribution is 2.21. The van der Waals surface area contributed by atoms with E-state index in [1.165, 1.54) is 18.2 Å². The van der Waals surface area contributed by atoms with E-state index in [2.05, 4.69) is 10.6 Å². The minimum atomic E-state index is -0.632. The quantitative estimate of drug-likeness (QED) is 0.697. The first-order valence-electron chi connectivity index (χ1n) is 7.37. The summed E-state index contributed by atoms with van der Waals surface area (Å²) >= 11 is 0. The number of nitrogens with one attached hydrogen (secondary N) is 2. The predicted molar refractivity (Wildman–Crippen MR) is 88.7 cm³/mol. The van der Waals surface area contributed by atoms with Crippen LogP contribution >= 0.6 is 0 Å². The van der Waals surface area contributed by atoms with Crippen LogP contribution in [0.2, 0.25) is 0 Å².